The number of ether oxygens (including phenoxy) is 2. The molecule has 1 atom stereocenters. The van der Waals surface area contributed by atoms with E-state index in [4.69, 9.17) is 4.74 Å². The second-order valence-electron chi connectivity index (χ2n) is 7.80. The first kappa shape index (κ1) is 28.0. The summed E-state index contributed by atoms with van der Waals surface area (Å²) in [5.41, 5.74) is -3.56. The predicted octanol–water partition coefficient (Wildman–Crippen LogP) is 4.25. The summed E-state index contributed by atoms with van der Waals surface area (Å²) in [6.45, 7) is -0.427. The summed E-state index contributed by atoms with van der Waals surface area (Å²) in [6, 6.07) is 6.30. The van der Waals surface area contributed by atoms with E-state index in [0.717, 1.165) is 36.8 Å². The first-order valence-electron chi connectivity index (χ1n) is 10.5. The Labute approximate surface area is 214 Å². The van der Waals surface area contributed by atoms with Crippen LogP contribution in [0.2, 0.25) is 0 Å². The Morgan fingerprint density at radius 3 is 2.38 bits per heavy atom. The van der Waals surface area contributed by atoms with Crippen molar-refractivity contribution in [2.24, 2.45) is 0 Å². The van der Waals surface area contributed by atoms with Crippen LogP contribution in [-0.4, -0.2) is 48.0 Å². The van der Waals surface area contributed by atoms with E-state index in [1.807, 2.05) is 0 Å². The number of pyridine rings is 2. The monoisotopic (exact) mass is 581 g/mol. The maximum Gasteiger partial charge on any atom is 0.573 e. The number of carbonyl (C=O) groups excluding carboxylic acids is 1. The van der Waals surface area contributed by atoms with Gasteiger partial charge in [-0.15, -0.1) is 13.2 Å². The molecule has 208 valence electrons. The summed E-state index contributed by atoms with van der Waals surface area (Å²) in [7, 11) is -5.26. The first-order chi connectivity index (χ1) is 18.2. The highest BCUT2D eigenvalue weighted by molar-refractivity contribution is 7.89. The predicted molar refractivity (Wildman–Crippen MR) is 114 cm³/mol. The third kappa shape index (κ3) is 5.44. The third-order valence-electron chi connectivity index (χ3n) is 5.38. The number of halogens is 7. The number of benzene rings is 1. The molecule has 3 heterocycles. The van der Waals surface area contributed by atoms with Crippen molar-refractivity contribution in [2.75, 3.05) is 6.61 Å². The van der Waals surface area contributed by atoms with Gasteiger partial charge in [0.1, 0.15) is 21.9 Å². The minimum absolute atomic E-state index is 0.186. The van der Waals surface area contributed by atoms with Crippen LogP contribution >= 0.6 is 0 Å². The number of hydroxylamine groups is 1. The second kappa shape index (κ2) is 9.96. The molecule has 3 aromatic rings. The molecule has 1 aliphatic rings. The zero-order valence-corrected chi connectivity index (χ0v) is 19.8. The lowest BCUT2D eigenvalue weighted by Gasteiger charge is -2.43. The molecule has 17 heteroatoms. The number of rotatable bonds is 6. The summed E-state index contributed by atoms with van der Waals surface area (Å²) < 4.78 is 129. The Bertz CT molecular complexity index is 1490. The molecule has 1 aliphatic heterocycles. The summed E-state index contributed by atoms with van der Waals surface area (Å²) in [6.07, 6.45) is -8.62. The van der Waals surface area contributed by atoms with Crippen LogP contribution in [-0.2, 0) is 25.2 Å². The van der Waals surface area contributed by atoms with Crippen molar-refractivity contribution in [3.8, 4) is 11.5 Å². The molecule has 0 spiro atoms. The van der Waals surface area contributed by atoms with Crippen molar-refractivity contribution >= 4 is 16.0 Å². The molecule has 1 unspecified atom stereocenters. The van der Waals surface area contributed by atoms with Crippen molar-refractivity contribution in [3.05, 3.63) is 78.1 Å². The Morgan fingerprint density at radius 2 is 1.77 bits per heavy atom. The number of hydrogen-bond acceptors (Lipinski definition) is 8. The van der Waals surface area contributed by atoms with E-state index in [0.29, 0.717) is 12.1 Å². The molecule has 0 saturated heterocycles. The average Bonchev–Trinajstić information content (AvgIpc) is 2.87. The Balaban J connectivity index is 2.03. The minimum Gasteiger partial charge on any atom is -0.491 e. The normalized spacial score (nSPS) is 17.7. The second-order valence-corrected chi connectivity index (χ2v) is 9.55. The number of fused-ring (bicyclic) bond motifs is 1. The van der Waals surface area contributed by atoms with Crippen LogP contribution in [0.25, 0.3) is 0 Å². The van der Waals surface area contributed by atoms with Gasteiger partial charge in [0.15, 0.2) is 11.6 Å². The lowest BCUT2D eigenvalue weighted by Crippen LogP contribution is -2.54. The number of alkyl halides is 6. The summed E-state index contributed by atoms with van der Waals surface area (Å²) in [4.78, 5) is 23.4. The molecule has 0 fully saturated rings. The van der Waals surface area contributed by atoms with E-state index >= 15 is 0 Å². The zero-order chi connectivity index (χ0) is 28.6. The van der Waals surface area contributed by atoms with E-state index in [9.17, 15) is 43.9 Å². The van der Waals surface area contributed by atoms with E-state index in [2.05, 4.69) is 19.5 Å². The quantitative estimate of drug-likeness (QED) is 0.314. The molecule has 1 aromatic carbocycles. The highest BCUT2D eigenvalue weighted by atomic mass is 32.2. The fourth-order valence-corrected chi connectivity index (χ4v) is 5.32. The minimum atomic E-state index is -5.70. The first-order valence-corrected chi connectivity index (χ1v) is 12.0. The Kier molecular flexibility index (Phi) is 7.16. The van der Waals surface area contributed by atoms with Crippen molar-refractivity contribution in [1.29, 1.82) is 0 Å². The van der Waals surface area contributed by atoms with Gasteiger partial charge in [-0.05, 0) is 46.4 Å². The van der Waals surface area contributed by atoms with Gasteiger partial charge in [0, 0.05) is 25.0 Å². The molecule has 0 amide bonds. The van der Waals surface area contributed by atoms with Gasteiger partial charge in [-0.3, -0.25) is 9.97 Å². The van der Waals surface area contributed by atoms with Crippen LogP contribution in [0.15, 0.2) is 66.0 Å². The maximum absolute atomic E-state index is 14.9. The lowest BCUT2D eigenvalue weighted by atomic mass is 9.82. The molecular formula is C22H14F7N3O6S. The molecule has 0 N–H and O–H groups in total. The van der Waals surface area contributed by atoms with Gasteiger partial charge in [0.05, 0.1) is 6.61 Å². The fourth-order valence-electron chi connectivity index (χ4n) is 3.83. The van der Waals surface area contributed by atoms with Crippen LogP contribution in [0, 0.1) is 5.82 Å². The van der Waals surface area contributed by atoms with Gasteiger partial charge in [-0.2, -0.15) is 13.2 Å². The zero-order valence-electron chi connectivity index (χ0n) is 19.0. The van der Waals surface area contributed by atoms with Gasteiger partial charge >= 0.3 is 18.5 Å². The van der Waals surface area contributed by atoms with E-state index in [1.165, 1.54) is 12.1 Å². The number of carbonyl (C=O) groups is 1. The largest absolute Gasteiger partial charge is 0.573 e. The van der Waals surface area contributed by atoms with Gasteiger partial charge in [0.25, 0.3) is 10.0 Å². The van der Waals surface area contributed by atoms with E-state index in [-0.39, 0.29) is 10.2 Å². The molecule has 2 aromatic heterocycles. The summed E-state index contributed by atoms with van der Waals surface area (Å²) in [5.74, 6) is -6.12. The average molecular weight is 581 g/mol. The fraction of sp³-hybridized carbons (Fsp3) is 0.227. The molecule has 4 rings (SSSR count). The van der Waals surface area contributed by atoms with Crippen LogP contribution in [0.1, 0.15) is 17.7 Å². The van der Waals surface area contributed by atoms with Crippen molar-refractivity contribution < 1.29 is 58.3 Å². The molecule has 0 saturated carbocycles. The van der Waals surface area contributed by atoms with Gasteiger partial charge in [-0.25, -0.2) is 17.6 Å². The number of sulfonamides is 1. The SMILES string of the molecule is O=C(ON(C1(c2ccc(OC(F)(F)F)c(F)c2)CCOc2cccnc21)S(=O)(=O)c1cccnc1)C(F)(F)F. The summed E-state index contributed by atoms with van der Waals surface area (Å²) >= 11 is 0. The molecular weight excluding hydrogens is 567 g/mol. The topological polar surface area (TPSA) is 108 Å². The van der Waals surface area contributed by atoms with Crippen molar-refractivity contribution in [2.45, 2.75) is 29.4 Å². The Morgan fingerprint density at radius 1 is 1.05 bits per heavy atom. The van der Waals surface area contributed by atoms with Crippen LogP contribution in [0.3, 0.4) is 0 Å². The summed E-state index contributed by atoms with van der Waals surface area (Å²) in [5, 5.41) is 0. The molecule has 0 aliphatic carbocycles. The van der Waals surface area contributed by atoms with Crippen molar-refractivity contribution in [3.63, 3.8) is 0 Å². The van der Waals surface area contributed by atoms with Crippen LogP contribution < -0.4 is 9.47 Å². The van der Waals surface area contributed by atoms with E-state index < -0.39 is 74.8 Å². The lowest BCUT2D eigenvalue weighted by molar-refractivity contribution is -0.275. The highest BCUT2D eigenvalue weighted by Gasteiger charge is 2.57. The smallest absolute Gasteiger partial charge is 0.491 e. The molecule has 9 nitrogen and oxygen atoms in total. The van der Waals surface area contributed by atoms with E-state index in [1.54, 1.807) is 0 Å². The number of nitrogens with zero attached hydrogens (tertiary/aromatic N) is 3. The maximum atomic E-state index is 14.9. The van der Waals surface area contributed by atoms with Crippen LogP contribution in [0.4, 0.5) is 30.7 Å². The van der Waals surface area contributed by atoms with Crippen molar-refractivity contribution in [1.82, 2.24) is 14.4 Å². The van der Waals surface area contributed by atoms with Gasteiger partial charge in [-0.1, -0.05) is 6.07 Å². The molecule has 39 heavy (non-hydrogen) atoms. The number of aromatic nitrogens is 2. The van der Waals surface area contributed by atoms with Crippen LogP contribution in [0.5, 0.6) is 11.5 Å². The number of hydrogen-bond donors (Lipinski definition) is 0. The van der Waals surface area contributed by atoms with Gasteiger partial charge in [0.2, 0.25) is 0 Å². The standard InChI is InChI=1S/C22H14F7N3O6S/c23-15-11-13(5-6-16(15)37-22(27,28)29)20(7-10-36-17-4-2-9-31-18(17)20)32(38-19(33)21(24,25)26)39(34,35)14-3-1-8-30-12-14/h1-6,8-9,11-12H,7,10H2. The van der Waals surface area contributed by atoms with Gasteiger partial charge < -0.3 is 14.3 Å². The third-order valence-corrected chi connectivity index (χ3v) is 7.04. The molecule has 0 radical (unpaired) electrons. The highest BCUT2D eigenvalue weighted by Crippen LogP contribution is 2.48. The molecule has 0 bridgehead atoms. The Hall–Kier alpha value is -3.99.